The summed E-state index contributed by atoms with van der Waals surface area (Å²) in [6.07, 6.45) is 1.45. The molecule has 0 amide bonds. The number of hydrogen-bond acceptors (Lipinski definition) is 4. The van der Waals surface area contributed by atoms with E-state index in [1.54, 1.807) is 36.4 Å². The monoisotopic (exact) mass is 238 g/mol. The molecule has 0 radical (unpaired) electrons. The van der Waals surface area contributed by atoms with Gasteiger partial charge >= 0.3 is 0 Å². The van der Waals surface area contributed by atoms with Crippen LogP contribution in [0.15, 0.2) is 42.6 Å². The van der Waals surface area contributed by atoms with Gasteiger partial charge in [0.2, 0.25) is 5.88 Å². The van der Waals surface area contributed by atoms with Gasteiger partial charge < -0.3 is 4.74 Å². The Bertz CT molecular complexity index is 612. The average molecular weight is 238 g/mol. The van der Waals surface area contributed by atoms with Gasteiger partial charge in [0, 0.05) is 17.8 Å². The Morgan fingerprint density at radius 3 is 2.67 bits per heavy atom. The number of hydrogen-bond donors (Lipinski definition) is 0. The van der Waals surface area contributed by atoms with Crippen LogP contribution >= 0.6 is 0 Å². The Balaban J connectivity index is 2.24. The van der Waals surface area contributed by atoms with Gasteiger partial charge in [-0.25, -0.2) is 4.98 Å². The highest BCUT2D eigenvalue weighted by atomic mass is 16.5. The molecule has 2 rings (SSSR count). The minimum absolute atomic E-state index is 0.0496. The topological polar surface area (TPSA) is 63.0 Å². The van der Waals surface area contributed by atoms with E-state index >= 15 is 0 Å². The molecule has 4 nitrogen and oxygen atoms in total. The Kier molecular flexibility index (Phi) is 3.35. The third-order valence-electron chi connectivity index (χ3n) is 2.36. The maximum atomic E-state index is 11.1. The van der Waals surface area contributed by atoms with Crippen LogP contribution in [-0.4, -0.2) is 10.8 Å². The molecule has 0 N–H and O–H groups in total. The van der Waals surface area contributed by atoms with Gasteiger partial charge in [0.15, 0.2) is 5.78 Å². The van der Waals surface area contributed by atoms with Crippen LogP contribution in [0.2, 0.25) is 0 Å². The molecule has 0 saturated carbocycles. The molecule has 2 aromatic rings. The number of carbonyl (C=O) groups is 1. The lowest BCUT2D eigenvalue weighted by molar-refractivity contribution is 0.101. The second-order valence-corrected chi connectivity index (χ2v) is 3.65. The Labute approximate surface area is 104 Å². The minimum atomic E-state index is -0.0496. The predicted octanol–water partition coefficient (Wildman–Crippen LogP) is 2.95. The third kappa shape index (κ3) is 2.53. The summed E-state index contributed by atoms with van der Waals surface area (Å²) in [5, 5.41) is 8.92. The van der Waals surface area contributed by atoms with Gasteiger partial charge in [-0.1, -0.05) is 12.1 Å². The molecule has 18 heavy (non-hydrogen) atoms. The number of nitriles is 1. The van der Waals surface area contributed by atoms with Crippen molar-refractivity contribution in [1.29, 1.82) is 5.26 Å². The number of ether oxygens (including phenoxy) is 1. The van der Waals surface area contributed by atoms with E-state index < -0.39 is 0 Å². The van der Waals surface area contributed by atoms with Gasteiger partial charge in [0.1, 0.15) is 11.8 Å². The summed E-state index contributed by atoms with van der Waals surface area (Å²) >= 11 is 0. The van der Waals surface area contributed by atoms with Crippen molar-refractivity contribution in [2.75, 3.05) is 0 Å². The summed E-state index contributed by atoms with van der Waals surface area (Å²) in [7, 11) is 0. The van der Waals surface area contributed by atoms with Crippen molar-refractivity contribution >= 4 is 5.78 Å². The number of benzene rings is 1. The number of ketones is 1. The normalized spacial score (nSPS) is 9.56. The molecule has 4 heteroatoms. The Morgan fingerprint density at radius 2 is 2.06 bits per heavy atom. The lowest BCUT2D eigenvalue weighted by atomic mass is 10.2. The van der Waals surface area contributed by atoms with Crippen LogP contribution in [0, 0.1) is 11.3 Å². The molecule has 0 spiro atoms. The van der Waals surface area contributed by atoms with Crippen LogP contribution in [0.25, 0.3) is 0 Å². The second kappa shape index (κ2) is 5.11. The molecule has 0 fully saturated rings. The number of para-hydroxylation sites is 1. The van der Waals surface area contributed by atoms with Gasteiger partial charge in [-0.3, -0.25) is 4.79 Å². The zero-order valence-corrected chi connectivity index (χ0v) is 9.75. The fourth-order valence-electron chi connectivity index (χ4n) is 1.41. The van der Waals surface area contributed by atoms with Crippen molar-refractivity contribution in [2.45, 2.75) is 6.92 Å². The first-order valence-electron chi connectivity index (χ1n) is 5.34. The van der Waals surface area contributed by atoms with Gasteiger partial charge in [0.25, 0.3) is 0 Å². The number of pyridine rings is 1. The molecule has 0 atom stereocenters. The first-order valence-corrected chi connectivity index (χ1v) is 5.34. The molecule has 0 unspecified atom stereocenters. The molecule has 0 bridgehead atoms. The lowest BCUT2D eigenvalue weighted by Crippen LogP contribution is -1.95. The first kappa shape index (κ1) is 11.8. The molecule has 0 aliphatic carbocycles. The van der Waals surface area contributed by atoms with E-state index in [4.69, 9.17) is 10.00 Å². The van der Waals surface area contributed by atoms with Crippen LogP contribution in [0.4, 0.5) is 0 Å². The molecular weight excluding hydrogens is 228 g/mol. The summed E-state index contributed by atoms with van der Waals surface area (Å²) in [5.41, 5.74) is 0.964. The van der Waals surface area contributed by atoms with Crippen molar-refractivity contribution in [3.05, 3.63) is 53.7 Å². The average Bonchev–Trinajstić information content (AvgIpc) is 2.40. The van der Waals surface area contributed by atoms with Crippen molar-refractivity contribution in [1.82, 2.24) is 4.98 Å². The van der Waals surface area contributed by atoms with E-state index in [0.29, 0.717) is 22.8 Å². The molecule has 0 saturated heterocycles. The highest BCUT2D eigenvalue weighted by Gasteiger charge is 2.05. The molecule has 1 heterocycles. The van der Waals surface area contributed by atoms with Crippen molar-refractivity contribution in [3.63, 3.8) is 0 Å². The van der Waals surface area contributed by atoms with Crippen LogP contribution < -0.4 is 4.74 Å². The summed E-state index contributed by atoms with van der Waals surface area (Å²) < 4.78 is 5.49. The Morgan fingerprint density at radius 1 is 1.28 bits per heavy atom. The second-order valence-electron chi connectivity index (χ2n) is 3.65. The van der Waals surface area contributed by atoms with E-state index in [2.05, 4.69) is 4.98 Å². The van der Waals surface area contributed by atoms with Crippen LogP contribution in [0.3, 0.4) is 0 Å². The zero-order valence-electron chi connectivity index (χ0n) is 9.75. The summed E-state index contributed by atoms with van der Waals surface area (Å²) in [6, 6.07) is 12.2. The highest BCUT2D eigenvalue weighted by Crippen LogP contribution is 2.23. The molecule has 0 aliphatic rings. The number of Topliss-reactive ketones (excluding diaryl/α,β-unsaturated/α-hetero) is 1. The van der Waals surface area contributed by atoms with Crippen molar-refractivity contribution in [3.8, 4) is 17.7 Å². The fourth-order valence-corrected chi connectivity index (χ4v) is 1.41. The van der Waals surface area contributed by atoms with Crippen LogP contribution in [0.1, 0.15) is 22.8 Å². The number of nitrogens with zero attached hydrogens (tertiary/aromatic N) is 2. The first-order chi connectivity index (χ1) is 8.70. The summed E-state index contributed by atoms with van der Waals surface area (Å²) in [6.45, 7) is 1.47. The maximum Gasteiger partial charge on any atom is 0.219 e. The fraction of sp³-hybridized carbons (Fsp3) is 0.0714. The lowest BCUT2D eigenvalue weighted by Gasteiger charge is -2.06. The summed E-state index contributed by atoms with van der Waals surface area (Å²) in [4.78, 5) is 15.1. The van der Waals surface area contributed by atoms with E-state index in [-0.39, 0.29) is 5.78 Å². The van der Waals surface area contributed by atoms with Gasteiger partial charge in [-0.15, -0.1) is 0 Å². The molecule has 1 aromatic heterocycles. The van der Waals surface area contributed by atoms with E-state index in [0.717, 1.165) is 0 Å². The van der Waals surface area contributed by atoms with Crippen molar-refractivity contribution in [2.24, 2.45) is 0 Å². The number of aromatic nitrogens is 1. The van der Waals surface area contributed by atoms with E-state index in [1.165, 1.54) is 13.1 Å². The Hall–Kier alpha value is -2.67. The van der Waals surface area contributed by atoms with Crippen molar-refractivity contribution < 1.29 is 9.53 Å². The highest BCUT2D eigenvalue weighted by molar-refractivity contribution is 5.93. The molecule has 88 valence electrons. The largest absolute Gasteiger partial charge is 0.438 e. The smallest absolute Gasteiger partial charge is 0.219 e. The predicted molar refractivity (Wildman–Crippen MR) is 65.5 cm³/mol. The SMILES string of the molecule is CC(=O)c1ccc(Oc2ccccc2C#N)nc1. The quantitative estimate of drug-likeness (QED) is 0.771. The minimum Gasteiger partial charge on any atom is -0.438 e. The van der Waals surface area contributed by atoms with Gasteiger partial charge in [0.05, 0.1) is 5.56 Å². The molecular formula is C14H10N2O2. The zero-order chi connectivity index (χ0) is 13.0. The van der Waals surface area contributed by atoms with Crippen LogP contribution in [-0.2, 0) is 0 Å². The van der Waals surface area contributed by atoms with Gasteiger partial charge in [-0.2, -0.15) is 5.26 Å². The standard InChI is InChI=1S/C14H10N2O2/c1-10(17)12-6-7-14(16-9-12)18-13-5-3-2-4-11(13)8-15/h2-7,9H,1H3. The number of rotatable bonds is 3. The van der Waals surface area contributed by atoms with E-state index in [9.17, 15) is 4.79 Å². The summed E-state index contributed by atoms with van der Waals surface area (Å²) in [5.74, 6) is 0.747. The molecule has 0 aliphatic heterocycles. The third-order valence-corrected chi connectivity index (χ3v) is 2.36. The van der Waals surface area contributed by atoms with Gasteiger partial charge in [-0.05, 0) is 25.1 Å². The maximum absolute atomic E-state index is 11.1. The van der Waals surface area contributed by atoms with Crippen LogP contribution in [0.5, 0.6) is 11.6 Å². The molecule has 1 aromatic carbocycles. The van der Waals surface area contributed by atoms with E-state index in [1.807, 2.05) is 6.07 Å². The number of carbonyl (C=O) groups excluding carboxylic acids is 1.